The largest absolute Gasteiger partial charge is 0.261 e. The molecule has 1 heterocycles. The fraction of sp³-hybridized carbons (Fsp3) is 0.605. The molecule has 0 spiro atoms. The lowest BCUT2D eigenvalue weighted by Crippen LogP contribution is -2.41. The van der Waals surface area contributed by atoms with E-state index in [4.69, 9.17) is 0 Å². The highest BCUT2D eigenvalue weighted by Crippen LogP contribution is 2.21. The molecule has 0 N–H and O–H groups in total. The first-order valence-electron chi connectivity index (χ1n) is 16.9. The number of aryl methyl sites for hydroxylation is 1. The molecule has 0 saturated heterocycles. The number of aromatic nitrogens is 2. The molecular weight excluding hydrogens is 484 g/mol. The van der Waals surface area contributed by atoms with Crippen molar-refractivity contribution in [1.82, 2.24) is 4.57 Å². The molecule has 0 fully saturated rings. The molecule has 2 heteroatoms. The third-order valence-corrected chi connectivity index (χ3v) is 8.62. The van der Waals surface area contributed by atoms with E-state index in [1.807, 2.05) is 0 Å². The molecule has 1 atom stereocenters. The van der Waals surface area contributed by atoms with Crippen molar-refractivity contribution in [1.29, 1.82) is 0 Å². The molecule has 2 aromatic carbocycles. The van der Waals surface area contributed by atoms with Gasteiger partial charge in [0.15, 0.2) is 0 Å². The highest BCUT2D eigenvalue weighted by Gasteiger charge is 2.25. The Morgan fingerprint density at radius 2 is 1.15 bits per heavy atom. The van der Waals surface area contributed by atoms with Crippen molar-refractivity contribution in [3.05, 3.63) is 89.5 Å². The molecule has 0 aliphatic rings. The zero-order valence-corrected chi connectivity index (χ0v) is 26.3. The van der Waals surface area contributed by atoms with Gasteiger partial charge in [-0.15, -0.1) is 0 Å². The van der Waals surface area contributed by atoms with Gasteiger partial charge in [-0.05, 0) is 42.7 Å². The molecule has 220 valence electrons. The monoisotopic (exact) mass is 543 g/mol. The molecule has 0 aliphatic heterocycles. The van der Waals surface area contributed by atoms with Crippen molar-refractivity contribution in [2.45, 2.75) is 149 Å². The Labute approximate surface area is 247 Å². The van der Waals surface area contributed by atoms with Crippen LogP contribution in [0, 0.1) is 0 Å². The molecule has 0 bridgehead atoms. The van der Waals surface area contributed by atoms with E-state index in [0.29, 0.717) is 5.92 Å². The average Bonchev–Trinajstić information content (AvgIpc) is 3.29. The molecule has 3 aromatic rings. The summed E-state index contributed by atoms with van der Waals surface area (Å²) in [5, 5.41) is 0. The third kappa shape index (κ3) is 11.6. The van der Waals surface area contributed by atoms with Gasteiger partial charge in [0.1, 0.15) is 11.9 Å². The fourth-order valence-electron chi connectivity index (χ4n) is 6.11. The van der Waals surface area contributed by atoms with Crippen LogP contribution in [0.25, 0.3) is 0 Å². The number of nitrogens with zero attached hydrogens (tertiary/aromatic N) is 2. The number of unbranched alkanes of at least 4 members (excludes halogenated alkanes) is 13. The summed E-state index contributed by atoms with van der Waals surface area (Å²) < 4.78 is 5.32. The van der Waals surface area contributed by atoms with E-state index in [2.05, 4.69) is 96.8 Å². The number of hydrogen-bond acceptors (Lipinski definition) is 0. The van der Waals surface area contributed by atoms with Crippen LogP contribution in [0.2, 0.25) is 0 Å². The van der Waals surface area contributed by atoms with Crippen LogP contribution in [0.5, 0.6) is 0 Å². The molecule has 0 radical (unpaired) electrons. The molecule has 1 aromatic heterocycles. The quantitative estimate of drug-likeness (QED) is 0.0880. The van der Waals surface area contributed by atoms with Crippen molar-refractivity contribution in [3.8, 4) is 0 Å². The Balaban J connectivity index is 1.62. The van der Waals surface area contributed by atoms with E-state index < -0.39 is 0 Å². The van der Waals surface area contributed by atoms with E-state index in [0.717, 1.165) is 25.9 Å². The molecule has 2 nitrogen and oxygen atoms in total. The van der Waals surface area contributed by atoms with Gasteiger partial charge in [0.25, 0.3) is 5.82 Å². The molecule has 1 unspecified atom stereocenters. The van der Waals surface area contributed by atoms with Crippen LogP contribution >= 0.6 is 0 Å². The Hall–Kier alpha value is -2.35. The molecular formula is C38H59N2+. The maximum absolute atomic E-state index is 2.70. The second-order valence-corrected chi connectivity index (χ2v) is 12.2. The van der Waals surface area contributed by atoms with E-state index in [1.165, 1.54) is 119 Å². The minimum absolute atomic E-state index is 0.519. The number of benzene rings is 2. The molecule has 0 aliphatic carbocycles. The van der Waals surface area contributed by atoms with Gasteiger partial charge in [-0.3, -0.25) is 0 Å². The molecule has 0 saturated carbocycles. The lowest BCUT2D eigenvalue weighted by atomic mass is 9.96. The Morgan fingerprint density at radius 3 is 1.75 bits per heavy atom. The van der Waals surface area contributed by atoms with Gasteiger partial charge in [0, 0.05) is 6.42 Å². The maximum Gasteiger partial charge on any atom is 0.261 e. The maximum atomic E-state index is 2.70. The summed E-state index contributed by atoms with van der Waals surface area (Å²) in [5.41, 5.74) is 4.38. The first kappa shape index (κ1) is 32.2. The van der Waals surface area contributed by atoms with Crippen LogP contribution in [0.1, 0.15) is 146 Å². The summed E-state index contributed by atoms with van der Waals surface area (Å²) in [6.07, 6.45) is 25.3. The van der Waals surface area contributed by atoms with E-state index in [-0.39, 0.29) is 0 Å². The van der Waals surface area contributed by atoms with Gasteiger partial charge in [0.2, 0.25) is 0 Å². The molecule has 3 rings (SSSR count). The second kappa shape index (κ2) is 19.7. The Morgan fingerprint density at radius 1 is 0.625 bits per heavy atom. The Kier molecular flexibility index (Phi) is 15.8. The third-order valence-electron chi connectivity index (χ3n) is 8.62. The topological polar surface area (TPSA) is 8.81 Å². The van der Waals surface area contributed by atoms with Crippen molar-refractivity contribution in [2.24, 2.45) is 0 Å². The van der Waals surface area contributed by atoms with Crippen LogP contribution < -0.4 is 4.57 Å². The van der Waals surface area contributed by atoms with Crippen LogP contribution in [0.15, 0.2) is 66.9 Å². The summed E-state index contributed by atoms with van der Waals surface area (Å²) in [6.45, 7) is 9.29. The van der Waals surface area contributed by atoms with Gasteiger partial charge < -0.3 is 0 Å². The minimum atomic E-state index is 0.519. The second-order valence-electron chi connectivity index (χ2n) is 12.2. The Bertz CT molecular complexity index is 1020. The zero-order valence-electron chi connectivity index (χ0n) is 26.3. The first-order valence-corrected chi connectivity index (χ1v) is 16.9. The van der Waals surface area contributed by atoms with Gasteiger partial charge >= 0.3 is 0 Å². The van der Waals surface area contributed by atoms with Crippen LogP contribution in [-0.4, -0.2) is 4.57 Å². The lowest BCUT2D eigenvalue weighted by molar-refractivity contribution is -0.710. The van der Waals surface area contributed by atoms with Crippen molar-refractivity contribution >= 4 is 0 Å². The van der Waals surface area contributed by atoms with Gasteiger partial charge in [0.05, 0.1) is 19.5 Å². The highest BCUT2D eigenvalue weighted by atomic mass is 15.2. The van der Waals surface area contributed by atoms with Crippen molar-refractivity contribution < 1.29 is 4.57 Å². The summed E-state index contributed by atoms with van der Waals surface area (Å²) in [4.78, 5) is 0. The van der Waals surface area contributed by atoms with Crippen molar-refractivity contribution in [3.63, 3.8) is 0 Å². The van der Waals surface area contributed by atoms with Gasteiger partial charge in [-0.2, -0.15) is 0 Å². The number of hydrogen-bond donors (Lipinski definition) is 0. The lowest BCUT2D eigenvalue weighted by Gasteiger charge is -2.12. The first-order chi connectivity index (χ1) is 19.7. The van der Waals surface area contributed by atoms with Gasteiger partial charge in [-0.25, -0.2) is 9.13 Å². The predicted octanol–water partition coefficient (Wildman–Crippen LogP) is 10.6. The normalized spacial score (nSPS) is 12.2. The predicted molar refractivity (Wildman–Crippen MR) is 173 cm³/mol. The highest BCUT2D eigenvalue weighted by molar-refractivity contribution is 5.21. The smallest absolute Gasteiger partial charge is 0.234 e. The number of rotatable bonds is 22. The minimum Gasteiger partial charge on any atom is -0.234 e. The number of imidazole rings is 1. The summed E-state index contributed by atoms with van der Waals surface area (Å²) >= 11 is 0. The van der Waals surface area contributed by atoms with Gasteiger partial charge in [-0.1, -0.05) is 152 Å². The summed E-state index contributed by atoms with van der Waals surface area (Å²) in [6, 6.07) is 22.2. The summed E-state index contributed by atoms with van der Waals surface area (Å²) in [5.74, 6) is 2.02. The van der Waals surface area contributed by atoms with Crippen molar-refractivity contribution in [2.75, 3.05) is 0 Å². The molecule has 0 amide bonds. The SMILES string of the molecule is CCCCCCCCCCCCCCn1cc(CC(C)c2ccccc2)[n+](CCCCC)c1Cc1ccccc1. The van der Waals surface area contributed by atoms with E-state index >= 15 is 0 Å². The van der Waals surface area contributed by atoms with E-state index in [1.54, 1.807) is 0 Å². The standard InChI is InChI=1S/C38H59N2/c1-4-6-8-9-10-11-12-13-14-15-16-24-29-39-33-37(31-34(3)36-27-21-18-22-28-36)40(30-23-7-5-2)38(39)32-35-25-19-17-20-26-35/h17-22,25-28,33-34H,4-16,23-24,29-32H2,1-3H3/q+1. The summed E-state index contributed by atoms with van der Waals surface area (Å²) in [7, 11) is 0. The van der Waals surface area contributed by atoms with Crippen LogP contribution in [0.3, 0.4) is 0 Å². The molecule has 40 heavy (non-hydrogen) atoms. The zero-order chi connectivity index (χ0) is 28.3. The van der Waals surface area contributed by atoms with Crippen LogP contribution in [-0.2, 0) is 25.9 Å². The fourth-order valence-corrected chi connectivity index (χ4v) is 6.11. The van der Waals surface area contributed by atoms with E-state index in [9.17, 15) is 0 Å². The average molecular weight is 544 g/mol. The van der Waals surface area contributed by atoms with Crippen LogP contribution in [0.4, 0.5) is 0 Å².